The molecule has 0 N–H and O–H groups in total. The minimum Gasteiger partial charge on any atom is -0.271 e. The number of hydrazone groups is 1. The normalized spacial score (nSPS) is 23.9. The molecule has 4 atom stereocenters. The molecular weight excluding hydrogens is 706 g/mol. The van der Waals surface area contributed by atoms with E-state index in [1.165, 1.54) is 10.0 Å². The van der Waals surface area contributed by atoms with Crippen LogP contribution in [0.5, 0.6) is 0 Å². The van der Waals surface area contributed by atoms with E-state index in [1.807, 2.05) is 48.5 Å². The van der Waals surface area contributed by atoms with Gasteiger partial charge in [0.25, 0.3) is 17.7 Å². The average Bonchev–Trinajstić information content (AvgIpc) is 3.75. The highest BCUT2D eigenvalue weighted by molar-refractivity contribution is 6.36. The van der Waals surface area contributed by atoms with Gasteiger partial charge in [-0.3, -0.25) is 19.4 Å². The van der Waals surface area contributed by atoms with Crippen LogP contribution in [-0.4, -0.2) is 52.1 Å². The summed E-state index contributed by atoms with van der Waals surface area (Å²) < 4.78 is 0. The van der Waals surface area contributed by atoms with E-state index >= 15 is 0 Å². The molecule has 0 aromatic heterocycles. The van der Waals surface area contributed by atoms with E-state index in [0.717, 1.165) is 51.8 Å². The molecule has 0 bridgehead atoms. The van der Waals surface area contributed by atoms with Crippen molar-refractivity contribution in [2.24, 2.45) is 21.4 Å². The SMILES string of the molecule is O=C1[C@@H]2N=NN(CC(=O)N3N=C4/C(=C/c5ccc(Cl)cc5Cl)CCC[C@@H]4[C@H]3c3ccc(Cl)cc3Cl)[C@H]2C(=O)N1c1cccc2ccccc12. The quantitative estimate of drug-likeness (QED) is 0.192. The van der Waals surface area contributed by atoms with Gasteiger partial charge in [0.15, 0.2) is 12.1 Å². The highest BCUT2D eigenvalue weighted by atomic mass is 35.5. The second-order valence-electron chi connectivity index (χ2n) is 12.4. The van der Waals surface area contributed by atoms with Crippen LogP contribution in [0.4, 0.5) is 5.69 Å². The number of allylic oxidation sites excluding steroid dienone is 1. The number of fused-ring (bicyclic) bond motifs is 3. The van der Waals surface area contributed by atoms with Crippen LogP contribution in [0, 0.1) is 5.92 Å². The summed E-state index contributed by atoms with van der Waals surface area (Å²) in [4.78, 5) is 43.0. The third-order valence-electron chi connectivity index (χ3n) is 9.49. The second kappa shape index (κ2) is 12.6. The van der Waals surface area contributed by atoms with Crippen LogP contribution in [0.3, 0.4) is 0 Å². The van der Waals surface area contributed by atoms with E-state index in [4.69, 9.17) is 51.5 Å². The number of hydrogen-bond acceptors (Lipinski definition) is 7. The van der Waals surface area contributed by atoms with Gasteiger partial charge in [0.2, 0.25) is 0 Å². The number of halogens is 4. The van der Waals surface area contributed by atoms with Crippen LogP contribution in [0.25, 0.3) is 16.8 Å². The lowest BCUT2D eigenvalue weighted by atomic mass is 9.77. The Morgan fingerprint density at radius 1 is 0.857 bits per heavy atom. The molecule has 3 heterocycles. The molecule has 4 aliphatic rings. The molecule has 3 amide bonds. The molecule has 9 nitrogen and oxygen atoms in total. The first-order valence-electron chi connectivity index (χ1n) is 15.7. The largest absolute Gasteiger partial charge is 0.271 e. The minimum absolute atomic E-state index is 0.168. The van der Waals surface area contributed by atoms with Crippen LogP contribution in [0.15, 0.2) is 99.9 Å². The van der Waals surface area contributed by atoms with Gasteiger partial charge in [-0.1, -0.05) is 100 Å². The molecule has 0 radical (unpaired) electrons. The first-order chi connectivity index (χ1) is 23.7. The zero-order valence-electron chi connectivity index (χ0n) is 25.6. The number of nitrogens with zero attached hydrogens (tertiary/aromatic N) is 6. The Balaban J connectivity index is 1.12. The maximum Gasteiger partial charge on any atom is 0.264 e. The molecular formula is C36H26Cl4N6O3. The van der Waals surface area contributed by atoms with E-state index < -0.39 is 35.8 Å². The molecule has 1 saturated heterocycles. The number of benzene rings is 4. The van der Waals surface area contributed by atoms with Crippen LogP contribution < -0.4 is 4.90 Å². The first kappa shape index (κ1) is 32.0. The molecule has 3 aliphatic heterocycles. The molecule has 0 unspecified atom stereocenters. The van der Waals surface area contributed by atoms with Crippen molar-refractivity contribution in [2.45, 2.75) is 37.4 Å². The van der Waals surface area contributed by atoms with E-state index in [9.17, 15) is 14.4 Å². The van der Waals surface area contributed by atoms with Gasteiger partial charge in [0, 0.05) is 31.4 Å². The Bertz CT molecular complexity index is 2160. The summed E-state index contributed by atoms with van der Waals surface area (Å²) in [6.07, 6.45) is 4.35. The third kappa shape index (κ3) is 5.49. The fraction of sp³-hybridized carbons (Fsp3) is 0.222. The van der Waals surface area contributed by atoms with Crippen LogP contribution in [-0.2, 0) is 14.4 Å². The summed E-state index contributed by atoms with van der Waals surface area (Å²) in [7, 11) is 0. The Kier molecular flexibility index (Phi) is 8.19. The highest BCUT2D eigenvalue weighted by Crippen LogP contribution is 2.47. The molecule has 13 heteroatoms. The molecule has 8 rings (SSSR count). The van der Waals surface area contributed by atoms with Crippen molar-refractivity contribution in [3.05, 3.63) is 116 Å². The molecule has 4 aromatic rings. The molecule has 1 aliphatic carbocycles. The Morgan fingerprint density at radius 3 is 2.41 bits per heavy atom. The third-order valence-corrected chi connectivity index (χ3v) is 10.6. The number of imide groups is 1. The monoisotopic (exact) mass is 730 g/mol. The lowest BCUT2D eigenvalue weighted by Gasteiger charge is -2.31. The maximum absolute atomic E-state index is 14.3. The number of amides is 3. The molecule has 246 valence electrons. The van der Waals surface area contributed by atoms with Crippen LogP contribution >= 0.6 is 46.4 Å². The fourth-order valence-corrected chi connectivity index (χ4v) is 8.25. The number of carbonyl (C=O) groups is 3. The van der Waals surface area contributed by atoms with E-state index in [0.29, 0.717) is 31.3 Å². The van der Waals surface area contributed by atoms with Gasteiger partial charge in [-0.2, -0.15) is 10.2 Å². The molecule has 2 fully saturated rings. The summed E-state index contributed by atoms with van der Waals surface area (Å²) in [5.74, 6) is -1.57. The van der Waals surface area contributed by atoms with E-state index in [1.54, 1.807) is 36.4 Å². The Hall–Kier alpha value is -4.28. The van der Waals surface area contributed by atoms with Gasteiger partial charge >= 0.3 is 0 Å². The highest BCUT2D eigenvalue weighted by Gasteiger charge is 2.56. The van der Waals surface area contributed by atoms with E-state index in [-0.39, 0.29) is 12.5 Å². The molecule has 1 saturated carbocycles. The van der Waals surface area contributed by atoms with Crippen LogP contribution in [0.2, 0.25) is 20.1 Å². The van der Waals surface area contributed by atoms with Crippen molar-refractivity contribution in [1.29, 1.82) is 0 Å². The van der Waals surface area contributed by atoms with Crippen molar-refractivity contribution in [3.8, 4) is 0 Å². The predicted octanol–water partition coefficient (Wildman–Crippen LogP) is 8.57. The summed E-state index contributed by atoms with van der Waals surface area (Å²) in [5.41, 5.74) is 3.67. The molecule has 49 heavy (non-hydrogen) atoms. The van der Waals surface area contributed by atoms with Gasteiger partial charge in [0.1, 0.15) is 6.54 Å². The summed E-state index contributed by atoms with van der Waals surface area (Å²) in [6, 6.07) is 20.8. The van der Waals surface area contributed by atoms with Crippen molar-refractivity contribution >= 4 is 92.4 Å². The second-order valence-corrected chi connectivity index (χ2v) is 14.1. The average molecular weight is 732 g/mol. The Morgan fingerprint density at radius 2 is 1.61 bits per heavy atom. The first-order valence-corrected chi connectivity index (χ1v) is 17.3. The zero-order valence-corrected chi connectivity index (χ0v) is 28.7. The topological polar surface area (TPSA) is 98.0 Å². The number of anilines is 1. The van der Waals surface area contributed by atoms with Crippen molar-refractivity contribution in [2.75, 3.05) is 11.4 Å². The number of carbonyl (C=O) groups excluding carboxylic acids is 3. The predicted molar refractivity (Wildman–Crippen MR) is 191 cm³/mol. The summed E-state index contributed by atoms with van der Waals surface area (Å²) >= 11 is 25.7. The van der Waals surface area contributed by atoms with Gasteiger partial charge in [0.05, 0.1) is 17.4 Å². The fourth-order valence-electron chi connectivity index (χ4n) is 7.27. The number of hydrogen-bond donors (Lipinski definition) is 0. The Labute approximate surface area is 301 Å². The van der Waals surface area contributed by atoms with Crippen molar-refractivity contribution in [1.82, 2.24) is 10.0 Å². The van der Waals surface area contributed by atoms with Crippen molar-refractivity contribution < 1.29 is 14.4 Å². The van der Waals surface area contributed by atoms with Crippen LogP contribution in [0.1, 0.15) is 36.4 Å². The summed E-state index contributed by atoms with van der Waals surface area (Å²) in [5, 5.41) is 19.5. The number of rotatable bonds is 5. The molecule has 4 aromatic carbocycles. The standard InChI is InChI=1S/C36H26Cl4N6O3/c37-22-12-11-20(27(39)16-22)15-21-7-3-9-26-31(21)42-46(33(26)25-14-13-23(38)17-28(25)40)30(47)18-44-34-32(41-43-44)35(48)45(36(34)49)29-10-4-6-19-5-1-2-8-24(19)29/h1-2,4-6,8,10-17,26,32-34H,3,7,9,18H2/b21-15+/t26-,32+,33+,34+/m0/s1. The summed E-state index contributed by atoms with van der Waals surface area (Å²) in [6.45, 7) is -0.333. The minimum atomic E-state index is -1.06. The van der Waals surface area contributed by atoms with Gasteiger partial charge in [-0.25, -0.2) is 9.91 Å². The van der Waals surface area contributed by atoms with Gasteiger partial charge in [-0.05, 0) is 77.8 Å². The van der Waals surface area contributed by atoms with Crippen molar-refractivity contribution in [3.63, 3.8) is 0 Å². The lowest BCUT2D eigenvalue weighted by molar-refractivity contribution is -0.136. The lowest BCUT2D eigenvalue weighted by Crippen LogP contribution is -2.45. The maximum atomic E-state index is 14.3. The molecule has 0 spiro atoms. The smallest absolute Gasteiger partial charge is 0.264 e. The van der Waals surface area contributed by atoms with Gasteiger partial charge in [-0.15, -0.1) is 0 Å². The van der Waals surface area contributed by atoms with Gasteiger partial charge < -0.3 is 0 Å². The van der Waals surface area contributed by atoms with E-state index in [2.05, 4.69) is 10.3 Å². The zero-order chi connectivity index (χ0) is 34.0.